The number of halogens is 1. The Morgan fingerprint density at radius 2 is 1.95 bits per heavy atom. The minimum atomic E-state index is -0.202. The lowest BCUT2D eigenvalue weighted by Crippen LogP contribution is -2.25. The highest BCUT2D eigenvalue weighted by Gasteiger charge is 2.21. The summed E-state index contributed by atoms with van der Waals surface area (Å²) in [5.41, 5.74) is 1.68. The van der Waals surface area contributed by atoms with E-state index in [4.69, 9.17) is 4.74 Å². The van der Waals surface area contributed by atoms with Gasteiger partial charge in [-0.25, -0.2) is 0 Å². The number of amides is 1. The first kappa shape index (κ1) is 12.9. The quantitative estimate of drug-likeness (QED) is 0.860. The summed E-state index contributed by atoms with van der Waals surface area (Å²) in [5, 5.41) is 2.70. The molecule has 0 unspecified atom stereocenters. The number of benzene rings is 2. The maximum Gasteiger partial charge on any atom is 0.262 e. The number of anilines is 1. The Labute approximate surface area is 123 Å². The molecule has 1 N–H and O–H groups in total. The van der Waals surface area contributed by atoms with Crippen LogP contribution in [0.5, 0.6) is 5.75 Å². The van der Waals surface area contributed by atoms with Gasteiger partial charge in [-0.2, -0.15) is 0 Å². The molecule has 4 nitrogen and oxygen atoms in total. The Kier molecular flexibility index (Phi) is 3.28. The van der Waals surface area contributed by atoms with Crippen LogP contribution in [0.2, 0.25) is 0 Å². The van der Waals surface area contributed by atoms with E-state index in [0.29, 0.717) is 27.0 Å². The molecule has 3 rings (SSSR count). The molecule has 0 saturated carbocycles. The Balaban J connectivity index is 2.03. The predicted octanol–water partition coefficient (Wildman–Crippen LogP) is 3.01. The summed E-state index contributed by atoms with van der Waals surface area (Å²) in [6, 6.07) is 12.3. The van der Waals surface area contributed by atoms with Crippen molar-refractivity contribution in [3.8, 4) is 5.75 Å². The van der Waals surface area contributed by atoms with E-state index in [-0.39, 0.29) is 18.3 Å². The summed E-state index contributed by atoms with van der Waals surface area (Å²) in [6.45, 7) is -0.0341. The Bertz CT molecular complexity index is 698. The van der Waals surface area contributed by atoms with Gasteiger partial charge in [0.05, 0.1) is 5.69 Å². The fourth-order valence-electron chi connectivity index (χ4n) is 2.02. The number of ketones is 1. The van der Waals surface area contributed by atoms with Crippen molar-refractivity contribution in [1.29, 1.82) is 0 Å². The van der Waals surface area contributed by atoms with E-state index in [0.717, 1.165) is 0 Å². The van der Waals surface area contributed by atoms with Crippen LogP contribution in [0.1, 0.15) is 15.9 Å². The van der Waals surface area contributed by atoms with E-state index in [2.05, 4.69) is 21.2 Å². The zero-order chi connectivity index (χ0) is 14.1. The molecule has 2 aromatic rings. The molecular weight excluding hydrogens is 322 g/mol. The van der Waals surface area contributed by atoms with Gasteiger partial charge in [-0.3, -0.25) is 9.59 Å². The SMILES string of the molecule is O=C1COc2cc(C(=O)c3ccccc3)c(Br)cc2N1. The zero-order valence-corrected chi connectivity index (χ0v) is 11.9. The van der Waals surface area contributed by atoms with Gasteiger partial charge in [0.2, 0.25) is 0 Å². The van der Waals surface area contributed by atoms with Gasteiger partial charge in [0.1, 0.15) is 5.75 Å². The molecule has 0 bridgehead atoms. The fourth-order valence-corrected chi connectivity index (χ4v) is 2.54. The lowest BCUT2D eigenvalue weighted by atomic mass is 10.0. The molecule has 2 aromatic carbocycles. The van der Waals surface area contributed by atoms with E-state index in [1.165, 1.54) is 0 Å². The highest BCUT2D eigenvalue weighted by atomic mass is 79.9. The first-order chi connectivity index (χ1) is 9.65. The van der Waals surface area contributed by atoms with Crippen LogP contribution in [0, 0.1) is 0 Å². The van der Waals surface area contributed by atoms with Crippen molar-refractivity contribution in [2.45, 2.75) is 0 Å². The molecule has 5 heteroatoms. The molecule has 0 aromatic heterocycles. The van der Waals surface area contributed by atoms with Gasteiger partial charge in [-0.1, -0.05) is 30.3 Å². The van der Waals surface area contributed by atoms with Gasteiger partial charge >= 0.3 is 0 Å². The number of carbonyl (C=O) groups is 2. The molecular formula is C15H10BrNO3. The summed E-state index contributed by atoms with van der Waals surface area (Å²) in [5.74, 6) is 0.208. The van der Waals surface area contributed by atoms with E-state index < -0.39 is 0 Å². The van der Waals surface area contributed by atoms with Crippen LogP contribution < -0.4 is 10.1 Å². The van der Waals surface area contributed by atoms with Crippen LogP contribution >= 0.6 is 15.9 Å². The highest BCUT2D eigenvalue weighted by molar-refractivity contribution is 9.10. The summed E-state index contributed by atoms with van der Waals surface area (Å²) in [4.78, 5) is 23.7. The van der Waals surface area contributed by atoms with Gasteiger partial charge in [-0.05, 0) is 28.1 Å². The van der Waals surface area contributed by atoms with Crippen molar-refractivity contribution < 1.29 is 14.3 Å². The molecule has 0 spiro atoms. The standard InChI is InChI=1S/C15H10BrNO3/c16-11-7-12-13(20-8-14(18)17-12)6-10(11)15(19)9-4-2-1-3-5-9/h1-7H,8H2,(H,17,18). The molecule has 1 amide bonds. The van der Waals surface area contributed by atoms with Crippen molar-refractivity contribution in [2.24, 2.45) is 0 Å². The molecule has 0 aliphatic carbocycles. The topological polar surface area (TPSA) is 55.4 Å². The van der Waals surface area contributed by atoms with Gasteiger partial charge in [-0.15, -0.1) is 0 Å². The van der Waals surface area contributed by atoms with Crippen LogP contribution in [0.3, 0.4) is 0 Å². The Morgan fingerprint density at radius 1 is 1.20 bits per heavy atom. The molecule has 1 aliphatic rings. The second kappa shape index (κ2) is 5.09. The molecule has 0 fully saturated rings. The van der Waals surface area contributed by atoms with Crippen LogP contribution in [0.4, 0.5) is 5.69 Å². The zero-order valence-electron chi connectivity index (χ0n) is 10.4. The van der Waals surface area contributed by atoms with Gasteiger partial charge in [0.15, 0.2) is 12.4 Å². The normalized spacial score (nSPS) is 13.2. The van der Waals surface area contributed by atoms with Crippen molar-refractivity contribution in [2.75, 3.05) is 11.9 Å². The molecule has 20 heavy (non-hydrogen) atoms. The van der Waals surface area contributed by atoms with Crippen molar-refractivity contribution in [3.63, 3.8) is 0 Å². The molecule has 0 atom stereocenters. The Morgan fingerprint density at radius 3 is 2.70 bits per heavy atom. The summed E-state index contributed by atoms with van der Waals surface area (Å²) < 4.78 is 5.95. The number of fused-ring (bicyclic) bond motifs is 1. The molecule has 0 saturated heterocycles. The molecule has 1 heterocycles. The third-order valence-electron chi connectivity index (χ3n) is 2.98. The number of ether oxygens (including phenoxy) is 1. The van der Waals surface area contributed by atoms with Gasteiger partial charge in [0.25, 0.3) is 5.91 Å². The van der Waals surface area contributed by atoms with Crippen LogP contribution in [0.25, 0.3) is 0 Å². The van der Waals surface area contributed by atoms with E-state index in [1.807, 2.05) is 18.2 Å². The van der Waals surface area contributed by atoms with Gasteiger partial charge < -0.3 is 10.1 Å². The molecule has 100 valence electrons. The monoisotopic (exact) mass is 331 g/mol. The largest absolute Gasteiger partial charge is 0.482 e. The third-order valence-corrected chi connectivity index (χ3v) is 3.64. The number of carbonyl (C=O) groups excluding carboxylic acids is 2. The van der Waals surface area contributed by atoms with Gasteiger partial charge in [0, 0.05) is 15.6 Å². The fraction of sp³-hybridized carbons (Fsp3) is 0.0667. The van der Waals surface area contributed by atoms with Crippen LogP contribution in [-0.4, -0.2) is 18.3 Å². The lowest BCUT2D eigenvalue weighted by Gasteiger charge is -2.19. The minimum Gasteiger partial charge on any atom is -0.482 e. The van der Waals surface area contributed by atoms with Crippen molar-refractivity contribution in [3.05, 3.63) is 58.1 Å². The molecule has 1 aliphatic heterocycles. The average molecular weight is 332 g/mol. The average Bonchev–Trinajstić information content (AvgIpc) is 2.46. The highest BCUT2D eigenvalue weighted by Crippen LogP contribution is 2.34. The first-order valence-electron chi connectivity index (χ1n) is 6.01. The maximum absolute atomic E-state index is 12.4. The van der Waals surface area contributed by atoms with Crippen molar-refractivity contribution in [1.82, 2.24) is 0 Å². The summed E-state index contributed by atoms with van der Waals surface area (Å²) >= 11 is 3.37. The summed E-state index contributed by atoms with van der Waals surface area (Å²) in [6.07, 6.45) is 0. The lowest BCUT2D eigenvalue weighted by molar-refractivity contribution is -0.118. The van der Waals surface area contributed by atoms with Crippen molar-refractivity contribution >= 4 is 33.3 Å². The van der Waals surface area contributed by atoms with E-state index in [9.17, 15) is 9.59 Å². The minimum absolute atomic E-state index is 0.0341. The number of hydrogen-bond acceptors (Lipinski definition) is 3. The predicted molar refractivity (Wildman–Crippen MR) is 78.1 cm³/mol. The van der Waals surface area contributed by atoms with E-state index in [1.54, 1.807) is 24.3 Å². The number of nitrogens with one attached hydrogen (secondary N) is 1. The smallest absolute Gasteiger partial charge is 0.262 e. The Hall–Kier alpha value is -2.14. The second-order valence-electron chi connectivity index (χ2n) is 4.36. The number of hydrogen-bond donors (Lipinski definition) is 1. The van der Waals surface area contributed by atoms with Crippen LogP contribution in [0.15, 0.2) is 46.9 Å². The maximum atomic E-state index is 12.4. The van der Waals surface area contributed by atoms with E-state index >= 15 is 0 Å². The first-order valence-corrected chi connectivity index (χ1v) is 6.80. The summed E-state index contributed by atoms with van der Waals surface area (Å²) in [7, 11) is 0. The van der Waals surface area contributed by atoms with Crippen LogP contribution in [-0.2, 0) is 4.79 Å². The molecule has 0 radical (unpaired) electrons. The second-order valence-corrected chi connectivity index (χ2v) is 5.21. The third kappa shape index (κ3) is 2.32. The number of rotatable bonds is 2.